The van der Waals surface area contributed by atoms with Gasteiger partial charge in [-0.1, -0.05) is 268 Å². The summed E-state index contributed by atoms with van der Waals surface area (Å²) in [7, 11) is 0. The molecule has 0 radical (unpaired) electrons. The van der Waals surface area contributed by atoms with Gasteiger partial charge in [0, 0.05) is 19.3 Å². The van der Waals surface area contributed by atoms with Crippen molar-refractivity contribution in [1.82, 2.24) is 0 Å². The summed E-state index contributed by atoms with van der Waals surface area (Å²) in [5, 5.41) is 0. The first kappa shape index (κ1) is 65.1. The summed E-state index contributed by atoms with van der Waals surface area (Å²) in [4.78, 5) is 38.2. The molecule has 1 atom stereocenters. The number of rotatable bonds is 53. The summed E-state index contributed by atoms with van der Waals surface area (Å²) in [6, 6.07) is 0. The van der Waals surface area contributed by atoms with Crippen LogP contribution in [0.25, 0.3) is 0 Å². The van der Waals surface area contributed by atoms with E-state index in [1.54, 1.807) is 0 Å². The number of carbonyl (C=O) groups is 3. The maximum absolute atomic E-state index is 12.9. The molecule has 0 bridgehead atoms. The molecule has 394 valence electrons. The molecular formula is C62H110O6. The number of esters is 3. The predicted molar refractivity (Wildman–Crippen MR) is 293 cm³/mol. The van der Waals surface area contributed by atoms with E-state index < -0.39 is 6.10 Å². The maximum Gasteiger partial charge on any atom is 0.306 e. The van der Waals surface area contributed by atoms with Crippen molar-refractivity contribution in [1.29, 1.82) is 0 Å². The van der Waals surface area contributed by atoms with E-state index in [0.717, 1.165) is 83.5 Å². The van der Waals surface area contributed by atoms with Crippen LogP contribution in [0.5, 0.6) is 0 Å². The summed E-state index contributed by atoms with van der Waals surface area (Å²) in [5.41, 5.74) is 0. The third-order valence-corrected chi connectivity index (χ3v) is 12.8. The molecule has 0 amide bonds. The summed E-state index contributed by atoms with van der Waals surface area (Å²) < 4.78 is 16.9. The van der Waals surface area contributed by atoms with Gasteiger partial charge in [-0.3, -0.25) is 14.4 Å². The smallest absolute Gasteiger partial charge is 0.306 e. The van der Waals surface area contributed by atoms with Crippen molar-refractivity contribution < 1.29 is 28.6 Å². The van der Waals surface area contributed by atoms with E-state index in [4.69, 9.17) is 14.2 Å². The zero-order valence-corrected chi connectivity index (χ0v) is 45.1. The Morgan fingerprint density at radius 3 is 0.853 bits per heavy atom. The van der Waals surface area contributed by atoms with Crippen molar-refractivity contribution in [2.45, 2.75) is 303 Å². The topological polar surface area (TPSA) is 78.9 Å². The molecule has 0 fully saturated rings. The minimum Gasteiger partial charge on any atom is -0.462 e. The first-order chi connectivity index (χ1) is 33.5. The molecule has 0 saturated carbocycles. The van der Waals surface area contributed by atoms with Crippen molar-refractivity contribution in [3.05, 3.63) is 60.8 Å². The van der Waals surface area contributed by atoms with Gasteiger partial charge in [-0.2, -0.15) is 0 Å². The van der Waals surface area contributed by atoms with E-state index in [1.165, 1.54) is 173 Å². The van der Waals surface area contributed by atoms with E-state index >= 15 is 0 Å². The van der Waals surface area contributed by atoms with E-state index in [0.29, 0.717) is 19.3 Å². The largest absolute Gasteiger partial charge is 0.462 e. The molecule has 0 saturated heterocycles. The summed E-state index contributed by atoms with van der Waals surface area (Å²) in [6.07, 6.45) is 70.6. The van der Waals surface area contributed by atoms with Gasteiger partial charge in [0.05, 0.1) is 0 Å². The third kappa shape index (κ3) is 54.1. The fourth-order valence-electron chi connectivity index (χ4n) is 8.38. The van der Waals surface area contributed by atoms with Gasteiger partial charge < -0.3 is 14.2 Å². The van der Waals surface area contributed by atoms with Gasteiger partial charge in [-0.15, -0.1) is 0 Å². The quantitative estimate of drug-likeness (QED) is 0.0262. The molecule has 0 aliphatic heterocycles. The van der Waals surface area contributed by atoms with Gasteiger partial charge in [0.2, 0.25) is 0 Å². The molecule has 6 heteroatoms. The van der Waals surface area contributed by atoms with Gasteiger partial charge >= 0.3 is 17.9 Å². The Kier molecular flexibility index (Phi) is 54.3. The molecule has 6 nitrogen and oxygen atoms in total. The Morgan fingerprint density at radius 2 is 0.529 bits per heavy atom. The van der Waals surface area contributed by atoms with E-state index in [-0.39, 0.29) is 31.1 Å². The lowest BCUT2D eigenvalue weighted by atomic mass is 10.0. The number of hydrogen-bond acceptors (Lipinski definition) is 6. The molecular weight excluding hydrogens is 841 g/mol. The third-order valence-electron chi connectivity index (χ3n) is 12.8. The lowest BCUT2D eigenvalue weighted by Gasteiger charge is -2.18. The first-order valence-corrected chi connectivity index (χ1v) is 29.3. The molecule has 68 heavy (non-hydrogen) atoms. The summed E-state index contributed by atoms with van der Waals surface area (Å²) in [5.74, 6) is -0.901. The second kappa shape index (κ2) is 56.7. The van der Waals surface area contributed by atoms with Crippen LogP contribution in [-0.2, 0) is 28.6 Å². The Bertz CT molecular complexity index is 1230. The molecule has 0 aliphatic carbocycles. The van der Waals surface area contributed by atoms with Gasteiger partial charge in [0.15, 0.2) is 6.10 Å². The molecule has 0 aliphatic rings. The van der Waals surface area contributed by atoms with Crippen LogP contribution in [0.2, 0.25) is 0 Å². The number of carbonyl (C=O) groups excluding carboxylic acids is 3. The van der Waals surface area contributed by atoms with Crippen LogP contribution >= 0.6 is 0 Å². The molecule has 0 heterocycles. The average molecular weight is 952 g/mol. The second-order valence-electron chi connectivity index (χ2n) is 19.6. The minimum atomic E-state index is -0.786. The summed E-state index contributed by atoms with van der Waals surface area (Å²) in [6.45, 7) is 6.60. The number of ether oxygens (including phenoxy) is 3. The molecule has 1 unspecified atom stereocenters. The van der Waals surface area contributed by atoms with Crippen LogP contribution in [0, 0.1) is 0 Å². The lowest BCUT2D eigenvalue weighted by molar-refractivity contribution is -0.167. The Morgan fingerprint density at radius 1 is 0.294 bits per heavy atom. The highest BCUT2D eigenvalue weighted by atomic mass is 16.6. The standard InChI is InChI=1S/C62H110O6/c1-4-7-10-13-16-19-22-25-28-30-32-34-37-40-43-46-49-52-55-61(64)67-58-59(57-66-60(63)54-51-48-45-42-39-36-33-27-24-21-18-15-12-9-6-3)68-62(65)56-53-50-47-44-41-38-35-31-29-26-23-20-17-14-11-8-5-2/h18,21-22,24-25,27-28,30,32,34,59H,4-17,19-20,23,26,29,31,33,35-58H2,1-3H3/b21-18-,25-22-,27-24-,30-28-,34-32-. The second-order valence-corrected chi connectivity index (χ2v) is 19.6. The van der Waals surface area contributed by atoms with Gasteiger partial charge in [-0.05, 0) is 70.6 Å². The zero-order chi connectivity index (χ0) is 49.3. The average Bonchev–Trinajstić information content (AvgIpc) is 3.34. The lowest BCUT2D eigenvalue weighted by Crippen LogP contribution is -2.30. The van der Waals surface area contributed by atoms with Gasteiger partial charge in [0.1, 0.15) is 13.2 Å². The Labute approximate surface area is 421 Å². The predicted octanol–water partition coefficient (Wildman–Crippen LogP) is 19.6. The van der Waals surface area contributed by atoms with E-state index in [2.05, 4.69) is 81.5 Å². The van der Waals surface area contributed by atoms with Crippen LogP contribution in [0.3, 0.4) is 0 Å². The normalized spacial score (nSPS) is 12.5. The Balaban J connectivity index is 4.41. The van der Waals surface area contributed by atoms with Crippen LogP contribution in [0.1, 0.15) is 297 Å². The van der Waals surface area contributed by atoms with Crippen molar-refractivity contribution >= 4 is 17.9 Å². The van der Waals surface area contributed by atoms with Crippen LogP contribution in [0.4, 0.5) is 0 Å². The van der Waals surface area contributed by atoms with Crippen molar-refractivity contribution in [3.63, 3.8) is 0 Å². The fraction of sp³-hybridized carbons (Fsp3) is 0.790. The van der Waals surface area contributed by atoms with Crippen LogP contribution in [-0.4, -0.2) is 37.2 Å². The highest BCUT2D eigenvalue weighted by molar-refractivity contribution is 5.71. The Hall–Kier alpha value is -2.89. The number of allylic oxidation sites excluding steroid dienone is 10. The van der Waals surface area contributed by atoms with Crippen molar-refractivity contribution in [2.75, 3.05) is 13.2 Å². The monoisotopic (exact) mass is 951 g/mol. The summed E-state index contributed by atoms with van der Waals surface area (Å²) >= 11 is 0. The highest BCUT2D eigenvalue weighted by Gasteiger charge is 2.19. The minimum absolute atomic E-state index is 0.0848. The number of hydrogen-bond donors (Lipinski definition) is 0. The molecule has 0 aromatic heterocycles. The molecule has 0 aromatic carbocycles. The zero-order valence-electron chi connectivity index (χ0n) is 45.1. The van der Waals surface area contributed by atoms with Gasteiger partial charge in [-0.25, -0.2) is 0 Å². The maximum atomic E-state index is 12.9. The SMILES string of the molecule is CCCCC/C=C\C=C/CCCCCCCCC(=O)OCC(COC(=O)CCCCCCC\C=C/C=C\C=C/CCCCCCC)OC(=O)CCCCCCCCCCCCCCCCCCC. The molecule has 0 rings (SSSR count). The first-order valence-electron chi connectivity index (χ1n) is 29.3. The van der Waals surface area contributed by atoms with Crippen LogP contribution in [0.15, 0.2) is 60.8 Å². The molecule has 0 N–H and O–H groups in total. The van der Waals surface area contributed by atoms with Crippen molar-refractivity contribution in [3.8, 4) is 0 Å². The van der Waals surface area contributed by atoms with Crippen LogP contribution < -0.4 is 0 Å². The highest BCUT2D eigenvalue weighted by Crippen LogP contribution is 2.16. The molecule has 0 spiro atoms. The van der Waals surface area contributed by atoms with E-state index in [1.807, 2.05) is 0 Å². The van der Waals surface area contributed by atoms with Crippen molar-refractivity contribution in [2.24, 2.45) is 0 Å². The van der Waals surface area contributed by atoms with Gasteiger partial charge in [0.25, 0.3) is 0 Å². The molecule has 0 aromatic rings. The fourth-order valence-corrected chi connectivity index (χ4v) is 8.38. The number of unbranched alkanes of at least 4 members (excludes halogenated alkanes) is 35. The van der Waals surface area contributed by atoms with E-state index in [9.17, 15) is 14.4 Å².